The zero-order chi connectivity index (χ0) is 12.7. The van der Waals surface area contributed by atoms with E-state index in [1.54, 1.807) is 4.90 Å². The number of amides is 2. The van der Waals surface area contributed by atoms with Crippen LogP contribution in [0.15, 0.2) is 30.3 Å². The molecule has 93 valence electrons. The van der Waals surface area contributed by atoms with Crippen LogP contribution in [0.5, 0.6) is 0 Å². The lowest BCUT2D eigenvalue weighted by atomic mass is 10.1. The molecule has 2 amide bonds. The van der Waals surface area contributed by atoms with Gasteiger partial charge in [-0.05, 0) is 25.5 Å². The summed E-state index contributed by atoms with van der Waals surface area (Å²) in [5.41, 5.74) is 6.31. The van der Waals surface area contributed by atoms with E-state index < -0.39 is 6.03 Å². The fraction of sp³-hybridized carbons (Fsp3) is 0.429. The Hall–Kier alpha value is -1.51. The topological polar surface area (TPSA) is 46.3 Å². The molecule has 1 aromatic rings. The standard InChI is InChI=1S/C14H21N2O/c1-3-4-6-9-12(2)16(14(15)17)13-10-7-5-8-11-13/h5,7-8,10-12H,1,3-4,6,9H2,2H3,(H2,15,17). The summed E-state index contributed by atoms with van der Waals surface area (Å²) < 4.78 is 0. The number of anilines is 1. The summed E-state index contributed by atoms with van der Waals surface area (Å²) in [7, 11) is 0. The molecule has 0 aliphatic carbocycles. The number of hydrogen-bond donors (Lipinski definition) is 1. The van der Waals surface area contributed by atoms with Gasteiger partial charge in [0.2, 0.25) is 0 Å². The number of primary amides is 1. The Morgan fingerprint density at radius 3 is 2.53 bits per heavy atom. The average Bonchev–Trinajstić information content (AvgIpc) is 2.30. The molecule has 0 saturated heterocycles. The maximum atomic E-state index is 11.5. The highest BCUT2D eigenvalue weighted by atomic mass is 16.2. The third kappa shape index (κ3) is 4.10. The molecule has 0 aromatic heterocycles. The van der Waals surface area contributed by atoms with Crippen LogP contribution >= 0.6 is 0 Å². The van der Waals surface area contributed by atoms with Crippen molar-refractivity contribution in [2.24, 2.45) is 5.73 Å². The largest absolute Gasteiger partial charge is 0.351 e. The zero-order valence-electron chi connectivity index (χ0n) is 10.4. The van der Waals surface area contributed by atoms with Crippen LogP contribution < -0.4 is 10.6 Å². The Balaban J connectivity index is 2.69. The second-order valence-corrected chi connectivity index (χ2v) is 4.24. The van der Waals surface area contributed by atoms with E-state index >= 15 is 0 Å². The summed E-state index contributed by atoms with van der Waals surface area (Å²) in [6.45, 7) is 5.84. The maximum absolute atomic E-state index is 11.5. The summed E-state index contributed by atoms with van der Waals surface area (Å²) in [6.07, 6.45) is 4.05. The van der Waals surface area contributed by atoms with Gasteiger partial charge in [-0.2, -0.15) is 0 Å². The third-order valence-corrected chi connectivity index (χ3v) is 2.83. The van der Waals surface area contributed by atoms with Crippen LogP contribution in [0.2, 0.25) is 0 Å². The lowest BCUT2D eigenvalue weighted by Crippen LogP contribution is -2.42. The van der Waals surface area contributed by atoms with Crippen molar-refractivity contribution in [2.45, 2.75) is 38.6 Å². The highest BCUT2D eigenvalue weighted by molar-refractivity contribution is 5.91. The zero-order valence-corrected chi connectivity index (χ0v) is 10.4. The first-order valence-corrected chi connectivity index (χ1v) is 6.09. The SMILES string of the molecule is [CH2]CCCCC(C)N(C(N)=O)c1ccccc1. The van der Waals surface area contributed by atoms with Crippen LogP contribution in [0.3, 0.4) is 0 Å². The molecule has 3 nitrogen and oxygen atoms in total. The molecule has 0 fully saturated rings. The molecule has 0 heterocycles. The van der Waals surface area contributed by atoms with Crippen molar-refractivity contribution in [2.75, 3.05) is 4.90 Å². The fourth-order valence-electron chi connectivity index (χ4n) is 1.93. The van der Waals surface area contributed by atoms with Gasteiger partial charge in [0.25, 0.3) is 0 Å². The van der Waals surface area contributed by atoms with Crippen LogP contribution in [0, 0.1) is 6.92 Å². The summed E-state index contributed by atoms with van der Waals surface area (Å²) >= 11 is 0. The lowest BCUT2D eigenvalue weighted by molar-refractivity contribution is 0.251. The minimum atomic E-state index is -0.390. The van der Waals surface area contributed by atoms with Crippen molar-refractivity contribution >= 4 is 11.7 Å². The first-order chi connectivity index (χ1) is 8.16. The Bertz CT molecular complexity index is 337. The predicted octanol–water partition coefficient (Wildman–Crippen LogP) is 3.35. The normalized spacial score (nSPS) is 12.1. The molecule has 1 aromatic carbocycles. The predicted molar refractivity (Wildman–Crippen MR) is 71.8 cm³/mol. The molecule has 1 radical (unpaired) electrons. The fourth-order valence-corrected chi connectivity index (χ4v) is 1.93. The monoisotopic (exact) mass is 233 g/mol. The van der Waals surface area contributed by atoms with E-state index in [1.165, 1.54) is 0 Å². The van der Waals surface area contributed by atoms with Crippen molar-refractivity contribution in [1.29, 1.82) is 0 Å². The summed E-state index contributed by atoms with van der Waals surface area (Å²) in [5.74, 6) is 0. The molecule has 0 saturated carbocycles. The number of nitrogens with two attached hydrogens (primary N) is 1. The molecule has 17 heavy (non-hydrogen) atoms. The van der Waals surface area contributed by atoms with Crippen LogP contribution in [0.1, 0.15) is 32.6 Å². The number of nitrogens with zero attached hydrogens (tertiary/aromatic N) is 1. The number of unbranched alkanes of at least 4 members (excludes halogenated alkanes) is 2. The van der Waals surface area contributed by atoms with Crippen molar-refractivity contribution in [3.8, 4) is 0 Å². The average molecular weight is 233 g/mol. The van der Waals surface area contributed by atoms with E-state index in [0.29, 0.717) is 0 Å². The van der Waals surface area contributed by atoms with E-state index in [9.17, 15) is 4.79 Å². The quantitative estimate of drug-likeness (QED) is 0.752. The molecule has 2 N–H and O–H groups in total. The summed E-state index contributed by atoms with van der Waals surface area (Å²) in [4.78, 5) is 13.2. The Morgan fingerprint density at radius 2 is 2.00 bits per heavy atom. The molecule has 1 atom stereocenters. The Kier molecular flexibility index (Phi) is 5.53. The van der Waals surface area contributed by atoms with Crippen LogP contribution in [0.25, 0.3) is 0 Å². The van der Waals surface area contributed by atoms with Gasteiger partial charge in [0.15, 0.2) is 0 Å². The van der Waals surface area contributed by atoms with Crippen molar-refractivity contribution in [3.63, 3.8) is 0 Å². The summed E-state index contributed by atoms with van der Waals surface area (Å²) in [5, 5.41) is 0. The van der Waals surface area contributed by atoms with Gasteiger partial charge >= 0.3 is 6.03 Å². The van der Waals surface area contributed by atoms with Gasteiger partial charge in [-0.15, -0.1) is 0 Å². The highest BCUT2D eigenvalue weighted by Crippen LogP contribution is 2.19. The minimum Gasteiger partial charge on any atom is -0.351 e. The molecule has 3 heteroatoms. The number of urea groups is 1. The summed E-state index contributed by atoms with van der Waals surface area (Å²) in [6, 6.07) is 9.29. The molecule has 0 aliphatic heterocycles. The van der Waals surface area contributed by atoms with Crippen molar-refractivity contribution in [3.05, 3.63) is 37.3 Å². The lowest BCUT2D eigenvalue weighted by Gasteiger charge is -2.27. The number of carbonyl (C=O) groups is 1. The van der Waals surface area contributed by atoms with E-state index in [1.807, 2.05) is 37.3 Å². The van der Waals surface area contributed by atoms with Gasteiger partial charge < -0.3 is 5.73 Å². The number of carbonyl (C=O) groups excluding carboxylic acids is 1. The van der Waals surface area contributed by atoms with E-state index in [0.717, 1.165) is 31.4 Å². The highest BCUT2D eigenvalue weighted by Gasteiger charge is 2.18. The van der Waals surface area contributed by atoms with Crippen molar-refractivity contribution in [1.82, 2.24) is 0 Å². The number of hydrogen-bond acceptors (Lipinski definition) is 1. The van der Waals surface area contributed by atoms with Gasteiger partial charge in [0.1, 0.15) is 0 Å². The van der Waals surface area contributed by atoms with E-state index in [4.69, 9.17) is 5.73 Å². The molecule has 1 rings (SSSR count). The smallest absolute Gasteiger partial charge is 0.319 e. The van der Waals surface area contributed by atoms with Gasteiger partial charge in [-0.3, -0.25) is 4.90 Å². The molecular weight excluding hydrogens is 212 g/mol. The van der Waals surface area contributed by atoms with E-state index in [-0.39, 0.29) is 6.04 Å². The van der Waals surface area contributed by atoms with Crippen LogP contribution in [0.4, 0.5) is 10.5 Å². The first kappa shape index (κ1) is 13.6. The maximum Gasteiger partial charge on any atom is 0.319 e. The van der Waals surface area contributed by atoms with Gasteiger partial charge in [-0.1, -0.05) is 44.4 Å². The van der Waals surface area contributed by atoms with Crippen molar-refractivity contribution < 1.29 is 4.79 Å². The Labute approximate surface area is 104 Å². The molecule has 0 aliphatic rings. The molecule has 0 spiro atoms. The molecule has 1 unspecified atom stereocenters. The molecular formula is C14H21N2O. The molecule has 0 bridgehead atoms. The Morgan fingerprint density at radius 1 is 1.35 bits per heavy atom. The number of benzene rings is 1. The van der Waals surface area contributed by atoms with Gasteiger partial charge in [0.05, 0.1) is 0 Å². The van der Waals surface area contributed by atoms with Crippen LogP contribution in [-0.2, 0) is 0 Å². The van der Waals surface area contributed by atoms with Gasteiger partial charge in [-0.25, -0.2) is 4.79 Å². The van der Waals surface area contributed by atoms with E-state index in [2.05, 4.69) is 6.92 Å². The van der Waals surface area contributed by atoms with Gasteiger partial charge in [0, 0.05) is 11.7 Å². The minimum absolute atomic E-state index is 0.126. The number of rotatable bonds is 6. The van der Waals surface area contributed by atoms with Crippen LogP contribution in [-0.4, -0.2) is 12.1 Å². The first-order valence-electron chi connectivity index (χ1n) is 6.09. The number of para-hydroxylation sites is 1. The second kappa shape index (κ2) is 6.94. The third-order valence-electron chi connectivity index (χ3n) is 2.83. The second-order valence-electron chi connectivity index (χ2n) is 4.24.